The first kappa shape index (κ1) is 15.2. The van der Waals surface area contributed by atoms with Gasteiger partial charge in [-0.05, 0) is 41.5 Å². The molecule has 0 radical (unpaired) electrons. The van der Waals surface area contributed by atoms with Crippen molar-refractivity contribution < 1.29 is 8.42 Å². The first-order valence-electron chi connectivity index (χ1n) is 7.45. The Morgan fingerprint density at radius 1 is 1.14 bits per heavy atom. The number of pyridine rings is 1. The molecular formula is C17H20N2O2S. The summed E-state index contributed by atoms with van der Waals surface area (Å²) in [6.45, 7) is 4.28. The van der Waals surface area contributed by atoms with Crippen LogP contribution < -0.4 is 5.14 Å². The van der Waals surface area contributed by atoms with E-state index in [-0.39, 0.29) is 16.7 Å². The van der Waals surface area contributed by atoms with E-state index in [9.17, 15) is 8.42 Å². The van der Waals surface area contributed by atoms with Gasteiger partial charge < -0.3 is 0 Å². The lowest BCUT2D eigenvalue weighted by Crippen LogP contribution is -2.14. The molecule has 0 amide bonds. The molecule has 2 aromatic rings. The van der Waals surface area contributed by atoms with Gasteiger partial charge in [0.25, 0.3) is 0 Å². The Kier molecular flexibility index (Phi) is 3.78. The third-order valence-electron chi connectivity index (χ3n) is 4.27. The molecule has 1 aromatic heterocycles. The quantitative estimate of drug-likeness (QED) is 0.942. The van der Waals surface area contributed by atoms with Crippen LogP contribution in [0.15, 0.2) is 47.5 Å². The maximum atomic E-state index is 11.7. The van der Waals surface area contributed by atoms with E-state index < -0.39 is 10.0 Å². The van der Waals surface area contributed by atoms with Gasteiger partial charge >= 0.3 is 0 Å². The minimum absolute atomic E-state index is 0.187. The summed E-state index contributed by atoms with van der Waals surface area (Å²) >= 11 is 0. The lowest BCUT2D eigenvalue weighted by molar-refractivity contribution is 0.596. The Morgan fingerprint density at radius 2 is 1.86 bits per heavy atom. The number of aromatic nitrogens is 1. The van der Waals surface area contributed by atoms with Crippen molar-refractivity contribution in [2.45, 2.75) is 42.9 Å². The fraction of sp³-hybridized carbons (Fsp3) is 0.353. The first-order valence-corrected chi connectivity index (χ1v) is 9.00. The Morgan fingerprint density at radius 3 is 2.45 bits per heavy atom. The molecule has 0 aliphatic heterocycles. The third-order valence-corrected chi connectivity index (χ3v) is 5.26. The van der Waals surface area contributed by atoms with Crippen molar-refractivity contribution in [3.8, 4) is 0 Å². The molecule has 1 aliphatic carbocycles. The molecule has 2 N–H and O–H groups in total. The van der Waals surface area contributed by atoms with Crippen molar-refractivity contribution >= 4 is 10.0 Å². The molecule has 1 heterocycles. The number of hydrogen-bond donors (Lipinski definition) is 1. The summed E-state index contributed by atoms with van der Waals surface area (Å²) in [6.07, 6.45) is 2.83. The van der Waals surface area contributed by atoms with Gasteiger partial charge in [-0.15, -0.1) is 0 Å². The van der Waals surface area contributed by atoms with Gasteiger partial charge in [-0.2, -0.15) is 0 Å². The molecule has 1 aromatic carbocycles. The first-order chi connectivity index (χ1) is 10.4. The number of primary sulfonamides is 1. The van der Waals surface area contributed by atoms with Crippen LogP contribution in [0.25, 0.3) is 0 Å². The third kappa shape index (κ3) is 2.91. The lowest BCUT2D eigenvalue weighted by atomic mass is 10.0. The van der Waals surface area contributed by atoms with Gasteiger partial charge in [-0.25, -0.2) is 13.6 Å². The second-order valence-electron chi connectivity index (χ2n) is 6.20. The number of benzene rings is 1. The largest absolute Gasteiger partial charge is 0.261 e. The van der Waals surface area contributed by atoms with Crippen molar-refractivity contribution in [3.63, 3.8) is 0 Å². The average Bonchev–Trinajstić information content (AvgIpc) is 3.27. The molecule has 4 nitrogen and oxygen atoms in total. The summed E-state index contributed by atoms with van der Waals surface area (Å²) < 4.78 is 23.4. The Hall–Kier alpha value is -1.72. The summed E-state index contributed by atoms with van der Waals surface area (Å²) in [5, 5.41) is 5.32. The van der Waals surface area contributed by atoms with Crippen LogP contribution in [0.3, 0.4) is 0 Å². The molecule has 0 bridgehead atoms. The van der Waals surface area contributed by atoms with E-state index in [4.69, 9.17) is 5.14 Å². The van der Waals surface area contributed by atoms with Crippen LogP contribution in [0.4, 0.5) is 0 Å². The molecule has 116 valence electrons. The lowest BCUT2D eigenvalue weighted by Gasteiger charge is -2.08. The summed E-state index contributed by atoms with van der Waals surface area (Å²) in [7, 11) is -3.68. The number of sulfonamides is 1. The number of nitrogens with two attached hydrogens (primary N) is 1. The monoisotopic (exact) mass is 316 g/mol. The molecule has 0 spiro atoms. The SMILES string of the molecule is CC(C)c1ccc(C2CC2c2ccccc2S(N)(=O)=O)nc1. The molecule has 1 saturated carbocycles. The van der Waals surface area contributed by atoms with Gasteiger partial charge in [0.15, 0.2) is 0 Å². The number of rotatable bonds is 4. The van der Waals surface area contributed by atoms with Gasteiger partial charge in [0.2, 0.25) is 10.0 Å². The standard InChI is InChI=1S/C17H20N2O2S/c1-11(2)12-7-8-16(19-10-12)15-9-14(15)13-5-3-4-6-17(13)22(18,20)21/h3-8,10-11,14-15H,9H2,1-2H3,(H2,18,20,21). The van der Waals surface area contributed by atoms with E-state index in [2.05, 4.69) is 31.0 Å². The molecule has 3 rings (SSSR count). The topological polar surface area (TPSA) is 73.1 Å². The fourth-order valence-corrected chi connectivity index (χ4v) is 3.71. The summed E-state index contributed by atoms with van der Waals surface area (Å²) in [5.41, 5.74) is 3.05. The van der Waals surface area contributed by atoms with Crippen molar-refractivity contribution in [3.05, 3.63) is 59.4 Å². The second kappa shape index (κ2) is 5.48. The highest BCUT2D eigenvalue weighted by molar-refractivity contribution is 7.89. The maximum Gasteiger partial charge on any atom is 0.238 e. The molecular weight excluding hydrogens is 296 g/mol. The van der Waals surface area contributed by atoms with Crippen LogP contribution in [-0.4, -0.2) is 13.4 Å². The van der Waals surface area contributed by atoms with E-state index in [1.807, 2.05) is 18.3 Å². The molecule has 2 atom stereocenters. The minimum Gasteiger partial charge on any atom is -0.261 e. The summed E-state index contributed by atoms with van der Waals surface area (Å²) in [5.74, 6) is 0.927. The maximum absolute atomic E-state index is 11.7. The van der Waals surface area contributed by atoms with E-state index in [1.165, 1.54) is 5.56 Å². The highest BCUT2D eigenvalue weighted by atomic mass is 32.2. The van der Waals surface area contributed by atoms with Crippen LogP contribution in [0.2, 0.25) is 0 Å². The Labute approximate surface area is 131 Å². The van der Waals surface area contributed by atoms with Crippen molar-refractivity contribution in [2.24, 2.45) is 5.14 Å². The zero-order valence-electron chi connectivity index (χ0n) is 12.7. The smallest absolute Gasteiger partial charge is 0.238 e. The van der Waals surface area contributed by atoms with Crippen LogP contribution in [0, 0.1) is 0 Å². The van der Waals surface area contributed by atoms with E-state index in [0.29, 0.717) is 5.92 Å². The predicted octanol–water partition coefficient (Wildman–Crippen LogP) is 3.12. The molecule has 1 fully saturated rings. The number of hydrogen-bond acceptors (Lipinski definition) is 3. The van der Waals surface area contributed by atoms with Gasteiger partial charge in [0, 0.05) is 17.8 Å². The zero-order chi connectivity index (χ0) is 15.9. The molecule has 0 saturated heterocycles. The van der Waals surface area contributed by atoms with Gasteiger partial charge in [-0.3, -0.25) is 4.98 Å². The van der Waals surface area contributed by atoms with Crippen LogP contribution in [0.1, 0.15) is 54.8 Å². The van der Waals surface area contributed by atoms with Crippen molar-refractivity contribution in [1.29, 1.82) is 0 Å². The molecule has 5 heteroatoms. The summed E-state index contributed by atoms with van der Waals surface area (Å²) in [4.78, 5) is 4.79. The van der Waals surface area contributed by atoms with Gasteiger partial charge in [0.1, 0.15) is 0 Å². The minimum atomic E-state index is -3.68. The Bertz CT molecular complexity index is 783. The zero-order valence-corrected chi connectivity index (χ0v) is 13.5. The van der Waals surface area contributed by atoms with Gasteiger partial charge in [-0.1, -0.05) is 38.1 Å². The predicted molar refractivity (Wildman–Crippen MR) is 86.2 cm³/mol. The normalized spacial score (nSPS) is 21.1. The molecule has 1 aliphatic rings. The highest BCUT2D eigenvalue weighted by Crippen LogP contribution is 2.55. The fourth-order valence-electron chi connectivity index (χ4n) is 2.89. The van der Waals surface area contributed by atoms with Crippen LogP contribution in [-0.2, 0) is 10.0 Å². The van der Waals surface area contributed by atoms with E-state index in [0.717, 1.165) is 17.7 Å². The average molecular weight is 316 g/mol. The molecule has 22 heavy (non-hydrogen) atoms. The van der Waals surface area contributed by atoms with Crippen molar-refractivity contribution in [2.75, 3.05) is 0 Å². The molecule has 2 unspecified atom stereocenters. The number of nitrogens with zero attached hydrogens (tertiary/aromatic N) is 1. The second-order valence-corrected chi connectivity index (χ2v) is 7.73. The van der Waals surface area contributed by atoms with Crippen molar-refractivity contribution in [1.82, 2.24) is 4.98 Å². The van der Waals surface area contributed by atoms with Gasteiger partial charge in [0.05, 0.1) is 4.90 Å². The van der Waals surface area contributed by atoms with Crippen LogP contribution >= 0.6 is 0 Å². The highest BCUT2D eigenvalue weighted by Gasteiger charge is 2.42. The Balaban J connectivity index is 1.86. The van der Waals surface area contributed by atoms with E-state index >= 15 is 0 Å². The summed E-state index contributed by atoms with van der Waals surface area (Å²) in [6, 6.07) is 11.2. The van der Waals surface area contributed by atoms with Crippen LogP contribution in [0.5, 0.6) is 0 Å². The van der Waals surface area contributed by atoms with E-state index in [1.54, 1.807) is 12.1 Å².